The van der Waals surface area contributed by atoms with Gasteiger partial charge in [-0.05, 0) is 74.0 Å². The molecule has 39 heavy (non-hydrogen) atoms. The number of rotatable bonds is 10. The number of carbonyl (C=O) groups excluding carboxylic acids is 1. The summed E-state index contributed by atoms with van der Waals surface area (Å²) in [5, 5.41) is 24.8. The fourth-order valence-corrected chi connectivity index (χ4v) is 4.98. The number of piperidine rings is 1. The van der Waals surface area contributed by atoms with E-state index in [1.807, 2.05) is 43.3 Å². The largest absolute Gasteiger partial charge is 0.482 e. The van der Waals surface area contributed by atoms with Crippen LogP contribution in [-0.4, -0.2) is 45.6 Å². The van der Waals surface area contributed by atoms with Crippen molar-refractivity contribution in [1.82, 2.24) is 10.2 Å². The molecular weight excluding hydrogens is 494 g/mol. The van der Waals surface area contributed by atoms with Crippen molar-refractivity contribution >= 4 is 11.6 Å². The Morgan fingerprint density at radius 1 is 1.13 bits per heavy atom. The summed E-state index contributed by atoms with van der Waals surface area (Å²) in [6, 6.07) is 20.8. The standard InChI is InChI=1S/C31H37N3O5/c1-22-25(12-9-13-26(22)24-10-5-4-6-11-24)20-39-29-16-15-23(18-28(29)34(37)38)19-33-17-8-7-14-27(33)30(35)32-21-31(2,3)36/h4-6,9-13,15-16,18,27,36H,7-8,14,17,19-21H2,1-3H3,(H,32,35). The van der Waals surface area contributed by atoms with Crippen LogP contribution in [0.4, 0.5) is 5.69 Å². The first kappa shape index (κ1) is 28.3. The number of nitrogens with zero attached hydrogens (tertiary/aromatic N) is 2. The number of hydrogen-bond acceptors (Lipinski definition) is 6. The zero-order chi connectivity index (χ0) is 28.0. The van der Waals surface area contributed by atoms with Crippen LogP contribution in [0.5, 0.6) is 5.75 Å². The lowest BCUT2D eigenvalue weighted by molar-refractivity contribution is -0.386. The van der Waals surface area contributed by atoms with Gasteiger partial charge in [-0.1, -0.05) is 61.0 Å². The minimum atomic E-state index is -0.993. The second-order valence-corrected chi connectivity index (χ2v) is 10.8. The van der Waals surface area contributed by atoms with E-state index in [1.54, 1.807) is 26.0 Å². The Hall–Kier alpha value is -3.75. The van der Waals surface area contributed by atoms with Crippen LogP contribution in [0.1, 0.15) is 49.8 Å². The van der Waals surface area contributed by atoms with E-state index >= 15 is 0 Å². The molecule has 0 radical (unpaired) electrons. The summed E-state index contributed by atoms with van der Waals surface area (Å²) < 4.78 is 5.98. The van der Waals surface area contributed by atoms with Crippen LogP contribution < -0.4 is 10.1 Å². The zero-order valence-electron chi connectivity index (χ0n) is 22.9. The van der Waals surface area contributed by atoms with Crippen LogP contribution >= 0.6 is 0 Å². The number of ether oxygens (including phenoxy) is 1. The van der Waals surface area contributed by atoms with Gasteiger partial charge in [-0.25, -0.2) is 0 Å². The monoisotopic (exact) mass is 531 g/mol. The molecule has 2 N–H and O–H groups in total. The number of nitrogens with one attached hydrogen (secondary N) is 1. The Labute approximate surface area is 229 Å². The van der Waals surface area contributed by atoms with Gasteiger partial charge in [0, 0.05) is 19.2 Å². The number of nitro benzene ring substituents is 1. The molecule has 0 saturated carbocycles. The molecule has 1 heterocycles. The van der Waals surface area contributed by atoms with Crippen molar-refractivity contribution in [3.63, 3.8) is 0 Å². The highest BCUT2D eigenvalue weighted by atomic mass is 16.6. The van der Waals surface area contributed by atoms with Gasteiger partial charge < -0.3 is 15.2 Å². The zero-order valence-corrected chi connectivity index (χ0v) is 22.9. The number of carbonyl (C=O) groups is 1. The maximum absolute atomic E-state index is 12.8. The van der Waals surface area contributed by atoms with Crippen molar-refractivity contribution in [3.05, 3.63) is 93.5 Å². The summed E-state index contributed by atoms with van der Waals surface area (Å²) in [7, 11) is 0. The van der Waals surface area contributed by atoms with Crippen molar-refractivity contribution in [2.45, 2.75) is 64.8 Å². The van der Waals surface area contributed by atoms with Crippen LogP contribution in [0.3, 0.4) is 0 Å². The fraction of sp³-hybridized carbons (Fsp3) is 0.387. The molecule has 0 aromatic heterocycles. The molecule has 206 valence electrons. The third-order valence-electron chi connectivity index (χ3n) is 7.13. The second kappa shape index (κ2) is 12.4. The Bertz CT molecular complexity index is 1300. The van der Waals surface area contributed by atoms with Gasteiger partial charge in [0.05, 0.1) is 16.6 Å². The van der Waals surface area contributed by atoms with Crippen molar-refractivity contribution < 1.29 is 19.6 Å². The van der Waals surface area contributed by atoms with Gasteiger partial charge in [-0.3, -0.25) is 19.8 Å². The van der Waals surface area contributed by atoms with E-state index in [4.69, 9.17) is 4.74 Å². The second-order valence-electron chi connectivity index (χ2n) is 10.8. The summed E-state index contributed by atoms with van der Waals surface area (Å²) in [5.41, 5.74) is 3.90. The number of benzene rings is 3. The van der Waals surface area contributed by atoms with Gasteiger partial charge >= 0.3 is 5.69 Å². The van der Waals surface area contributed by atoms with Crippen molar-refractivity contribution in [2.24, 2.45) is 0 Å². The number of nitro groups is 1. The average Bonchev–Trinajstić information content (AvgIpc) is 2.92. The lowest BCUT2D eigenvalue weighted by Gasteiger charge is -2.35. The van der Waals surface area contributed by atoms with E-state index in [0.29, 0.717) is 13.0 Å². The molecule has 0 bridgehead atoms. The minimum absolute atomic E-state index is 0.0931. The molecule has 0 aliphatic carbocycles. The lowest BCUT2D eigenvalue weighted by Crippen LogP contribution is -2.51. The highest BCUT2D eigenvalue weighted by Crippen LogP contribution is 2.32. The number of hydrogen-bond donors (Lipinski definition) is 2. The molecule has 1 saturated heterocycles. The van der Waals surface area contributed by atoms with E-state index < -0.39 is 10.5 Å². The summed E-state index contributed by atoms with van der Waals surface area (Å²) in [6.45, 7) is 6.85. The van der Waals surface area contributed by atoms with E-state index in [1.165, 1.54) is 0 Å². The van der Waals surface area contributed by atoms with Crippen molar-refractivity contribution in [1.29, 1.82) is 0 Å². The molecule has 8 heteroatoms. The first-order chi connectivity index (χ1) is 18.6. The van der Waals surface area contributed by atoms with E-state index in [2.05, 4.69) is 28.4 Å². The lowest BCUT2D eigenvalue weighted by atomic mass is 9.97. The maximum Gasteiger partial charge on any atom is 0.311 e. The van der Waals surface area contributed by atoms with Crippen LogP contribution in [0.25, 0.3) is 11.1 Å². The SMILES string of the molecule is Cc1c(COc2ccc(CN3CCCCC3C(=O)NCC(C)(C)O)cc2[N+](=O)[O-])cccc1-c1ccccc1. The van der Waals surface area contributed by atoms with Gasteiger partial charge in [0.15, 0.2) is 5.75 Å². The van der Waals surface area contributed by atoms with Crippen LogP contribution in [0.2, 0.25) is 0 Å². The van der Waals surface area contributed by atoms with Gasteiger partial charge in [0.25, 0.3) is 0 Å². The summed E-state index contributed by atoms with van der Waals surface area (Å²) in [4.78, 5) is 26.4. The molecule has 3 aromatic carbocycles. The van der Waals surface area contributed by atoms with Crippen LogP contribution in [-0.2, 0) is 17.9 Å². The van der Waals surface area contributed by atoms with Gasteiger partial charge in [-0.15, -0.1) is 0 Å². The predicted molar refractivity (Wildman–Crippen MR) is 151 cm³/mol. The molecule has 1 aliphatic rings. The highest BCUT2D eigenvalue weighted by molar-refractivity contribution is 5.82. The smallest absolute Gasteiger partial charge is 0.311 e. The average molecular weight is 532 g/mol. The van der Waals surface area contributed by atoms with Crippen LogP contribution in [0.15, 0.2) is 66.7 Å². The van der Waals surface area contributed by atoms with E-state index in [9.17, 15) is 20.0 Å². The van der Waals surface area contributed by atoms with Gasteiger partial charge in [0.2, 0.25) is 5.91 Å². The molecule has 1 fully saturated rings. The fourth-order valence-electron chi connectivity index (χ4n) is 4.98. The van der Waals surface area contributed by atoms with Crippen molar-refractivity contribution in [2.75, 3.05) is 13.1 Å². The van der Waals surface area contributed by atoms with Gasteiger partial charge in [0.1, 0.15) is 6.61 Å². The predicted octanol–water partition coefficient (Wildman–Crippen LogP) is 5.39. The number of aliphatic hydroxyl groups is 1. The number of likely N-dealkylation sites (tertiary alicyclic amines) is 1. The minimum Gasteiger partial charge on any atom is -0.482 e. The Morgan fingerprint density at radius 2 is 1.90 bits per heavy atom. The van der Waals surface area contributed by atoms with E-state index in [-0.39, 0.29) is 36.5 Å². The molecule has 0 spiro atoms. The highest BCUT2D eigenvalue weighted by Gasteiger charge is 2.30. The van der Waals surface area contributed by atoms with Gasteiger partial charge in [-0.2, -0.15) is 0 Å². The first-order valence-corrected chi connectivity index (χ1v) is 13.4. The summed E-state index contributed by atoms with van der Waals surface area (Å²) in [5.74, 6) is 0.0887. The Balaban J connectivity index is 1.47. The maximum atomic E-state index is 12.8. The molecule has 3 aromatic rings. The third-order valence-corrected chi connectivity index (χ3v) is 7.13. The normalized spacial score (nSPS) is 16.1. The summed E-state index contributed by atoms with van der Waals surface area (Å²) in [6.07, 6.45) is 2.61. The van der Waals surface area contributed by atoms with Crippen LogP contribution in [0, 0.1) is 17.0 Å². The Kier molecular flexibility index (Phi) is 8.99. The summed E-state index contributed by atoms with van der Waals surface area (Å²) >= 11 is 0. The molecule has 8 nitrogen and oxygen atoms in total. The third kappa shape index (κ3) is 7.43. The molecule has 1 unspecified atom stereocenters. The molecule has 4 rings (SSSR count). The first-order valence-electron chi connectivity index (χ1n) is 13.4. The Morgan fingerprint density at radius 3 is 2.62 bits per heavy atom. The quantitative estimate of drug-likeness (QED) is 0.268. The molecule has 1 atom stereocenters. The number of amides is 1. The molecular formula is C31H37N3O5. The topological polar surface area (TPSA) is 105 Å². The molecule has 1 aliphatic heterocycles. The van der Waals surface area contributed by atoms with E-state index in [0.717, 1.165) is 47.2 Å². The molecule has 1 amide bonds. The van der Waals surface area contributed by atoms with Crippen molar-refractivity contribution in [3.8, 4) is 16.9 Å².